The molecule has 0 amide bonds. The summed E-state index contributed by atoms with van der Waals surface area (Å²) < 4.78 is 3.02. The molecule has 1 N–H and O–H groups in total. The summed E-state index contributed by atoms with van der Waals surface area (Å²) in [5, 5.41) is 4.09. The molecule has 0 bridgehead atoms. The Morgan fingerprint density at radius 3 is 2.46 bits per heavy atom. The summed E-state index contributed by atoms with van der Waals surface area (Å²) in [6.07, 6.45) is 3.36. The molecule has 6 nitrogen and oxygen atoms in total. The van der Waals surface area contributed by atoms with Crippen LogP contribution in [-0.4, -0.2) is 19.3 Å². The monoisotopic (exact) mass is 366 g/mol. The first kappa shape index (κ1) is 16.4. The molecular formula is C19H15ClN4O2. The molecule has 0 spiro atoms. The Morgan fingerprint density at radius 1 is 1.08 bits per heavy atom. The zero-order valence-electron chi connectivity index (χ0n) is 13.9. The molecule has 0 saturated carbocycles. The molecule has 130 valence electrons. The van der Waals surface area contributed by atoms with Crippen LogP contribution in [0.2, 0.25) is 5.02 Å². The lowest BCUT2D eigenvalue weighted by molar-refractivity contribution is 0.737. The maximum Gasteiger partial charge on any atom is 0.280 e. The molecule has 0 aliphatic heterocycles. The van der Waals surface area contributed by atoms with Gasteiger partial charge in [0.2, 0.25) is 0 Å². The van der Waals surface area contributed by atoms with Crippen molar-refractivity contribution in [2.45, 2.75) is 13.5 Å². The Hall–Kier alpha value is -3.12. The maximum atomic E-state index is 12.9. The normalized spacial score (nSPS) is 11.2. The molecule has 0 saturated heterocycles. The number of hydrogen-bond acceptors (Lipinski definition) is 3. The first-order valence-corrected chi connectivity index (χ1v) is 8.42. The van der Waals surface area contributed by atoms with Crippen LogP contribution in [0.3, 0.4) is 0 Å². The zero-order chi connectivity index (χ0) is 18.3. The highest BCUT2D eigenvalue weighted by Gasteiger charge is 2.15. The molecule has 0 unspecified atom stereocenters. The average Bonchev–Trinajstić information content (AvgIpc) is 2.96. The Kier molecular flexibility index (Phi) is 3.97. The van der Waals surface area contributed by atoms with Gasteiger partial charge in [0, 0.05) is 29.2 Å². The number of halogens is 1. The van der Waals surface area contributed by atoms with Crippen molar-refractivity contribution < 1.29 is 0 Å². The summed E-state index contributed by atoms with van der Waals surface area (Å²) in [5.74, 6) is 0. The molecule has 0 aliphatic rings. The van der Waals surface area contributed by atoms with Gasteiger partial charge in [-0.15, -0.1) is 0 Å². The van der Waals surface area contributed by atoms with E-state index in [4.69, 9.17) is 11.6 Å². The molecule has 0 radical (unpaired) electrons. The molecule has 0 fully saturated rings. The predicted molar refractivity (Wildman–Crippen MR) is 101 cm³/mol. The summed E-state index contributed by atoms with van der Waals surface area (Å²) >= 11 is 5.91. The third-order valence-corrected chi connectivity index (χ3v) is 4.65. The maximum absolute atomic E-state index is 12.9. The minimum atomic E-state index is -0.205. The van der Waals surface area contributed by atoms with E-state index in [-0.39, 0.29) is 11.1 Å². The number of pyridine rings is 2. The van der Waals surface area contributed by atoms with Gasteiger partial charge in [0.25, 0.3) is 11.1 Å². The SMILES string of the molecule is Cc1c2c(=O)n(-c3ccc(Cl)cc3)[nH]c2cc(=O)n1Cc1ccncc1. The number of nitrogens with one attached hydrogen (secondary N) is 1. The van der Waals surface area contributed by atoms with E-state index in [1.54, 1.807) is 48.1 Å². The van der Waals surface area contributed by atoms with Crippen molar-refractivity contribution in [2.75, 3.05) is 0 Å². The standard InChI is InChI=1S/C19H15ClN4O2/c1-12-18-16(10-17(25)23(12)11-13-6-8-21-9-7-13)22-24(19(18)26)15-4-2-14(20)3-5-15/h2-10,22H,11H2,1H3. The second-order valence-corrected chi connectivity index (χ2v) is 6.46. The molecule has 0 atom stereocenters. The van der Waals surface area contributed by atoms with E-state index in [0.717, 1.165) is 5.56 Å². The van der Waals surface area contributed by atoms with Gasteiger partial charge < -0.3 is 4.57 Å². The first-order chi connectivity index (χ1) is 12.5. The molecule has 0 aliphatic carbocycles. The van der Waals surface area contributed by atoms with Gasteiger partial charge in [0.15, 0.2) is 0 Å². The van der Waals surface area contributed by atoms with Gasteiger partial charge in [0.05, 0.1) is 23.1 Å². The average molecular weight is 367 g/mol. The fraction of sp³-hybridized carbons (Fsp3) is 0.105. The lowest BCUT2D eigenvalue weighted by Crippen LogP contribution is -2.23. The van der Waals surface area contributed by atoms with Crippen LogP contribution in [0, 0.1) is 6.92 Å². The van der Waals surface area contributed by atoms with Gasteiger partial charge in [-0.25, -0.2) is 4.68 Å². The summed E-state index contributed by atoms with van der Waals surface area (Å²) in [4.78, 5) is 29.5. The van der Waals surface area contributed by atoms with Gasteiger partial charge in [0.1, 0.15) is 0 Å². The lowest BCUT2D eigenvalue weighted by Gasteiger charge is -2.09. The van der Waals surface area contributed by atoms with Crippen molar-refractivity contribution in [2.24, 2.45) is 0 Å². The molecule has 3 aromatic heterocycles. The summed E-state index contributed by atoms with van der Waals surface area (Å²) in [7, 11) is 0. The summed E-state index contributed by atoms with van der Waals surface area (Å²) in [5.41, 5.74) is 2.36. The van der Waals surface area contributed by atoms with Crippen LogP contribution in [0.1, 0.15) is 11.3 Å². The number of fused-ring (bicyclic) bond motifs is 1. The Morgan fingerprint density at radius 2 is 1.77 bits per heavy atom. The molecule has 1 aromatic carbocycles. The van der Waals surface area contributed by atoms with Crippen molar-refractivity contribution in [1.29, 1.82) is 0 Å². The van der Waals surface area contributed by atoms with E-state index in [2.05, 4.69) is 10.1 Å². The lowest BCUT2D eigenvalue weighted by atomic mass is 10.2. The van der Waals surface area contributed by atoms with Crippen molar-refractivity contribution in [3.63, 3.8) is 0 Å². The van der Waals surface area contributed by atoms with Crippen molar-refractivity contribution >= 4 is 22.5 Å². The first-order valence-electron chi connectivity index (χ1n) is 8.04. The van der Waals surface area contributed by atoms with E-state index < -0.39 is 0 Å². The molecule has 26 heavy (non-hydrogen) atoms. The fourth-order valence-electron chi connectivity index (χ4n) is 3.05. The number of aryl methyl sites for hydroxylation is 1. The minimum absolute atomic E-state index is 0.170. The van der Waals surface area contributed by atoms with Gasteiger partial charge in [-0.1, -0.05) is 11.6 Å². The Bertz CT molecular complexity index is 1200. The van der Waals surface area contributed by atoms with Crippen molar-refractivity contribution in [1.82, 2.24) is 19.3 Å². The van der Waals surface area contributed by atoms with Crippen molar-refractivity contribution in [3.8, 4) is 5.69 Å². The topological polar surface area (TPSA) is 72.7 Å². The quantitative estimate of drug-likeness (QED) is 0.606. The van der Waals surface area contributed by atoms with E-state index in [1.807, 2.05) is 12.1 Å². The second-order valence-electron chi connectivity index (χ2n) is 6.03. The molecule has 4 rings (SSSR count). The number of H-pyrrole nitrogens is 1. The van der Waals surface area contributed by atoms with Gasteiger partial charge in [-0.2, -0.15) is 0 Å². The zero-order valence-corrected chi connectivity index (χ0v) is 14.7. The van der Waals surface area contributed by atoms with E-state index in [1.165, 1.54) is 10.7 Å². The highest BCUT2D eigenvalue weighted by atomic mass is 35.5. The number of hydrogen-bond donors (Lipinski definition) is 1. The number of aromatic nitrogens is 4. The highest BCUT2D eigenvalue weighted by molar-refractivity contribution is 6.30. The Labute approximate surface area is 153 Å². The predicted octanol–water partition coefficient (Wildman–Crippen LogP) is 2.89. The van der Waals surface area contributed by atoms with Crippen LogP contribution in [0.4, 0.5) is 0 Å². The van der Waals surface area contributed by atoms with E-state index >= 15 is 0 Å². The summed E-state index contributed by atoms with van der Waals surface area (Å²) in [6.45, 7) is 2.17. The van der Waals surface area contributed by atoms with Crippen LogP contribution in [0.5, 0.6) is 0 Å². The van der Waals surface area contributed by atoms with Gasteiger partial charge >= 0.3 is 0 Å². The van der Waals surface area contributed by atoms with E-state index in [9.17, 15) is 9.59 Å². The second kappa shape index (κ2) is 6.31. The number of nitrogens with zero attached hydrogens (tertiary/aromatic N) is 3. The van der Waals surface area contributed by atoms with Crippen LogP contribution in [-0.2, 0) is 6.54 Å². The van der Waals surface area contributed by atoms with E-state index in [0.29, 0.717) is 33.9 Å². The van der Waals surface area contributed by atoms with Crippen LogP contribution >= 0.6 is 11.6 Å². The summed E-state index contributed by atoms with van der Waals surface area (Å²) in [6, 6.07) is 12.1. The molecular weight excluding hydrogens is 352 g/mol. The minimum Gasteiger partial charge on any atom is -0.308 e. The highest BCUT2D eigenvalue weighted by Crippen LogP contribution is 2.16. The van der Waals surface area contributed by atoms with Gasteiger partial charge in [-0.3, -0.25) is 19.7 Å². The fourth-order valence-corrected chi connectivity index (χ4v) is 3.18. The van der Waals surface area contributed by atoms with Crippen molar-refractivity contribution in [3.05, 3.63) is 91.8 Å². The van der Waals surface area contributed by atoms with Gasteiger partial charge in [-0.05, 0) is 48.9 Å². The number of rotatable bonds is 3. The van der Waals surface area contributed by atoms with Crippen LogP contribution in [0.25, 0.3) is 16.6 Å². The molecule has 7 heteroatoms. The third-order valence-electron chi connectivity index (χ3n) is 4.39. The molecule has 4 aromatic rings. The Balaban J connectivity index is 1.90. The number of aromatic amines is 1. The largest absolute Gasteiger partial charge is 0.308 e. The van der Waals surface area contributed by atoms with Crippen LogP contribution < -0.4 is 11.1 Å². The molecule has 3 heterocycles. The number of benzene rings is 1. The smallest absolute Gasteiger partial charge is 0.280 e. The third kappa shape index (κ3) is 2.74. The van der Waals surface area contributed by atoms with Crippen LogP contribution in [0.15, 0.2) is 64.4 Å².